The molecule has 8 nitrogen and oxygen atoms in total. The third-order valence-electron chi connectivity index (χ3n) is 6.41. The highest BCUT2D eigenvalue weighted by Crippen LogP contribution is 2.16. The number of aliphatic imine (C=N–C) groups is 1. The lowest BCUT2D eigenvalue weighted by Crippen LogP contribution is -2.55. The van der Waals surface area contributed by atoms with Crippen molar-refractivity contribution in [2.24, 2.45) is 4.99 Å². The first kappa shape index (κ1) is 25.6. The van der Waals surface area contributed by atoms with E-state index in [2.05, 4.69) is 40.8 Å². The molecule has 2 atom stereocenters. The molecule has 9 heteroatoms. The lowest BCUT2D eigenvalue weighted by molar-refractivity contribution is -0.142. The molecule has 3 heterocycles. The summed E-state index contributed by atoms with van der Waals surface area (Å²) in [4.78, 5) is 26.8. The van der Waals surface area contributed by atoms with E-state index in [1.165, 1.54) is 0 Å². The maximum absolute atomic E-state index is 12.6. The van der Waals surface area contributed by atoms with E-state index in [0.717, 1.165) is 97.4 Å². The van der Waals surface area contributed by atoms with Crippen LogP contribution in [0.25, 0.3) is 0 Å². The van der Waals surface area contributed by atoms with Gasteiger partial charge in [-0.2, -0.15) is 0 Å². The van der Waals surface area contributed by atoms with E-state index < -0.39 is 0 Å². The SMILES string of the molecule is CCNC(=NCC(C)N1CCN(CC)CC1)N1CCN(C(=O)C2CCCO2)CC1.I. The Hall–Kier alpha value is -0.650. The molecule has 30 heavy (non-hydrogen) atoms. The summed E-state index contributed by atoms with van der Waals surface area (Å²) in [6.45, 7) is 17.9. The zero-order valence-electron chi connectivity index (χ0n) is 19.0. The number of rotatable bonds is 6. The molecule has 0 radical (unpaired) electrons. The maximum atomic E-state index is 12.6. The van der Waals surface area contributed by atoms with Crippen molar-refractivity contribution < 1.29 is 9.53 Å². The highest BCUT2D eigenvalue weighted by atomic mass is 127. The number of ether oxygens (including phenoxy) is 1. The highest BCUT2D eigenvalue weighted by Gasteiger charge is 2.31. The van der Waals surface area contributed by atoms with Gasteiger partial charge in [-0.05, 0) is 33.2 Å². The van der Waals surface area contributed by atoms with Gasteiger partial charge in [0.1, 0.15) is 6.10 Å². The van der Waals surface area contributed by atoms with Crippen molar-refractivity contribution in [1.82, 2.24) is 24.9 Å². The topological polar surface area (TPSA) is 63.7 Å². The van der Waals surface area contributed by atoms with Gasteiger partial charge in [-0.15, -0.1) is 24.0 Å². The van der Waals surface area contributed by atoms with Crippen LogP contribution in [0.3, 0.4) is 0 Å². The van der Waals surface area contributed by atoms with Crippen LogP contribution in [0.4, 0.5) is 0 Å². The molecule has 1 N–H and O–H groups in total. The second-order valence-electron chi connectivity index (χ2n) is 8.33. The molecule has 0 spiro atoms. The fraction of sp³-hybridized carbons (Fsp3) is 0.905. The van der Waals surface area contributed by atoms with E-state index in [-0.39, 0.29) is 36.0 Å². The predicted octanol–water partition coefficient (Wildman–Crippen LogP) is 0.919. The number of nitrogens with one attached hydrogen (secondary N) is 1. The molecule has 3 aliphatic rings. The minimum absolute atomic E-state index is 0. The molecule has 2 unspecified atom stereocenters. The molecular formula is C21H41IN6O2. The standard InChI is InChI=1S/C21H40N6O2.HI/c1-4-22-21(23-17-18(3)25-10-8-24(5-2)9-11-25)27-14-12-26(13-15-27)20(28)19-7-6-16-29-19;/h18-19H,4-17H2,1-3H3,(H,22,23);1H. The van der Waals surface area contributed by atoms with Crippen LogP contribution in [0.2, 0.25) is 0 Å². The number of likely N-dealkylation sites (N-methyl/N-ethyl adjacent to an activating group) is 1. The van der Waals surface area contributed by atoms with Crippen molar-refractivity contribution in [3.63, 3.8) is 0 Å². The fourth-order valence-electron chi connectivity index (χ4n) is 4.39. The highest BCUT2D eigenvalue weighted by molar-refractivity contribution is 14.0. The van der Waals surface area contributed by atoms with Crippen molar-refractivity contribution in [2.75, 3.05) is 78.6 Å². The molecule has 0 saturated carbocycles. The number of amides is 1. The smallest absolute Gasteiger partial charge is 0.251 e. The van der Waals surface area contributed by atoms with Crippen LogP contribution in [0.5, 0.6) is 0 Å². The molecule has 3 aliphatic heterocycles. The van der Waals surface area contributed by atoms with Gasteiger partial charge in [0.05, 0.1) is 6.54 Å². The Bertz CT molecular complexity index is 542. The molecule has 3 fully saturated rings. The third-order valence-corrected chi connectivity index (χ3v) is 6.41. The van der Waals surface area contributed by atoms with Crippen LogP contribution in [0, 0.1) is 0 Å². The summed E-state index contributed by atoms with van der Waals surface area (Å²) in [7, 11) is 0. The lowest BCUT2D eigenvalue weighted by Gasteiger charge is -2.38. The average Bonchev–Trinajstić information content (AvgIpc) is 3.31. The van der Waals surface area contributed by atoms with Gasteiger partial charge in [0.2, 0.25) is 0 Å². The number of hydrogen-bond donors (Lipinski definition) is 1. The van der Waals surface area contributed by atoms with Gasteiger partial charge in [-0.1, -0.05) is 6.92 Å². The quantitative estimate of drug-likeness (QED) is 0.310. The van der Waals surface area contributed by atoms with E-state index >= 15 is 0 Å². The van der Waals surface area contributed by atoms with E-state index in [1.54, 1.807) is 0 Å². The fourth-order valence-corrected chi connectivity index (χ4v) is 4.39. The Morgan fingerprint density at radius 2 is 1.73 bits per heavy atom. The molecule has 1 amide bonds. The van der Waals surface area contributed by atoms with Crippen molar-refractivity contribution in [1.29, 1.82) is 0 Å². The Morgan fingerprint density at radius 3 is 2.30 bits per heavy atom. The molecule has 0 aromatic heterocycles. The zero-order valence-corrected chi connectivity index (χ0v) is 21.3. The molecule has 3 saturated heterocycles. The van der Waals surface area contributed by atoms with Gasteiger partial charge in [0, 0.05) is 71.6 Å². The molecule has 0 aliphatic carbocycles. The molecule has 0 aromatic rings. The van der Waals surface area contributed by atoms with Gasteiger partial charge in [-0.25, -0.2) is 0 Å². The van der Waals surface area contributed by atoms with Gasteiger partial charge in [0.15, 0.2) is 5.96 Å². The average molecular weight is 537 g/mol. The largest absolute Gasteiger partial charge is 0.368 e. The normalized spacial score (nSPS) is 25.2. The van der Waals surface area contributed by atoms with Crippen LogP contribution in [-0.2, 0) is 9.53 Å². The van der Waals surface area contributed by atoms with Crippen molar-refractivity contribution in [2.45, 2.75) is 45.8 Å². The summed E-state index contributed by atoms with van der Waals surface area (Å²) in [5, 5.41) is 3.45. The summed E-state index contributed by atoms with van der Waals surface area (Å²) in [6.07, 6.45) is 1.66. The van der Waals surface area contributed by atoms with Crippen LogP contribution >= 0.6 is 24.0 Å². The minimum Gasteiger partial charge on any atom is -0.368 e. The summed E-state index contributed by atoms with van der Waals surface area (Å²) < 4.78 is 5.57. The number of carbonyl (C=O) groups excluding carboxylic acids is 1. The maximum Gasteiger partial charge on any atom is 0.251 e. The van der Waals surface area contributed by atoms with Crippen molar-refractivity contribution >= 4 is 35.8 Å². The van der Waals surface area contributed by atoms with Gasteiger partial charge < -0.3 is 24.8 Å². The Labute approximate surface area is 199 Å². The first-order valence-electron chi connectivity index (χ1n) is 11.5. The number of nitrogens with zero attached hydrogens (tertiary/aromatic N) is 5. The molecule has 174 valence electrons. The van der Waals surface area contributed by atoms with E-state index in [1.807, 2.05) is 4.90 Å². The number of piperazine rings is 2. The van der Waals surface area contributed by atoms with Gasteiger partial charge >= 0.3 is 0 Å². The Kier molecular flexibility index (Phi) is 11.1. The first-order chi connectivity index (χ1) is 14.1. The third kappa shape index (κ3) is 6.93. The van der Waals surface area contributed by atoms with E-state index in [9.17, 15) is 4.79 Å². The van der Waals surface area contributed by atoms with Crippen LogP contribution in [0.15, 0.2) is 4.99 Å². The number of carbonyl (C=O) groups is 1. The second kappa shape index (κ2) is 13.0. The molecule has 0 bridgehead atoms. The zero-order chi connectivity index (χ0) is 20.6. The molecule has 0 aromatic carbocycles. The van der Waals surface area contributed by atoms with E-state index in [0.29, 0.717) is 6.04 Å². The van der Waals surface area contributed by atoms with Gasteiger partial charge in [0.25, 0.3) is 5.91 Å². The summed E-state index contributed by atoms with van der Waals surface area (Å²) in [5.41, 5.74) is 0. The minimum atomic E-state index is -0.211. The molecule has 3 rings (SSSR count). The first-order valence-corrected chi connectivity index (χ1v) is 11.5. The van der Waals surface area contributed by atoms with Crippen LogP contribution in [0.1, 0.15) is 33.6 Å². The number of hydrogen-bond acceptors (Lipinski definition) is 5. The Morgan fingerprint density at radius 1 is 1.07 bits per heavy atom. The monoisotopic (exact) mass is 536 g/mol. The predicted molar refractivity (Wildman–Crippen MR) is 132 cm³/mol. The van der Waals surface area contributed by atoms with Crippen LogP contribution < -0.4 is 5.32 Å². The van der Waals surface area contributed by atoms with Crippen molar-refractivity contribution in [3.05, 3.63) is 0 Å². The summed E-state index contributed by atoms with van der Waals surface area (Å²) >= 11 is 0. The van der Waals surface area contributed by atoms with Gasteiger partial charge in [-0.3, -0.25) is 14.7 Å². The lowest BCUT2D eigenvalue weighted by atomic mass is 10.2. The summed E-state index contributed by atoms with van der Waals surface area (Å²) in [5.74, 6) is 1.15. The molecular weight excluding hydrogens is 495 g/mol. The van der Waals surface area contributed by atoms with Crippen LogP contribution in [-0.4, -0.2) is 122 Å². The Balaban J connectivity index is 0.00000320. The van der Waals surface area contributed by atoms with Crippen molar-refractivity contribution in [3.8, 4) is 0 Å². The summed E-state index contributed by atoms with van der Waals surface area (Å²) in [6, 6.07) is 0.449. The second-order valence-corrected chi connectivity index (χ2v) is 8.33. The van der Waals surface area contributed by atoms with E-state index in [4.69, 9.17) is 9.73 Å². The number of guanidine groups is 1. The number of halogens is 1.